The van der Waals surface area contributed by atoms with Crippen molar-refractivity contribution in [2.45, 2.75) is 39.3 Å². The Morgan fingerprint density at radius 2 is 2.15 bits per heavy atom. The predicted molar refractivity (Wildman–Crippen MR) is 129 cm³/mol. The van der Waals surface area contributed by atoms with Gasteiger partial charge in [0.1, 0.15) is 24.0 Å². The number of nitriles is 1. The van der Waals surface area contributed by atoms with Crippen molar-refractivity contribution in [3.05, 3.63) is 70.9 Å². The summed E-state index contributed by atoms with van der Waals surface area (Å²) in [6, 6.07) is 16.2. The molecule has 4 rings (SSSR count). The highest BCUT2D eigenvalue weighted by Gasteiger charge is 2.18. The Bertz CT molecular complexity index is 1210. The number of aromatic nitrogens is 1. The molecular formula is C27H29N3O3. The number of carbonyl (C=O) groups excluding carboxylic acids is 1. The van der Waals surface area contributed by atoms with Gasteiger partial charge in [-0.15, -0.1) is 0 Å². The highest BCUT2D eigenvalue weighted by molar-refractivity contribution is 6.04. The van der Waals surface area contributed by atoms with Gasteiger partial charge in [-0.05, 0) is 56.0 Å². The molecule has 6 nitrogen and oxygen atoms in total. The molecule has 33 heavy (non-hydrogen) atoms. The molecule has 2 heterocycles. The van der Waals surface area contributed by atoms with E-state index in [0.29, 0.717) is 19.7 Å². The Hall–Kier alpha value is -3.56. The summed E-state index contributed by atoms with van der Waals surface area (Å²) in [6.45, 7) is 6.40. The van der Waals surface area contributed by atoms with Gasteiger partial charge in [0.2, 0.25) is 0 Å². The first kappa shape index (κ1) is 22.6. The lowest BCUT2D eigenvalue weighted by Crippen LogP contribution is -2.32. The first-order chi connectivity index (χ1) is 16.0. The number of ether oxygens (including phenoxy) is 2. The summed E-state index contributed by atoms with van der Waals surface area (Å²) >= 11 is 0. The predicted octanol–water partition coefficient (Wildman–Crippen LogP) is 4.54. The lowest BCUT2D eigenvalue weighted by molar-refractivity contribution is -0.117. The summed E-state index contributed by atoms with van der Waals surface area (Å²) in [5.74, 6) is 0.518. The van der Waals surface area contributed by atoms with Crippen molar-refractivity contribution < 1.29 is 14.3 Å². The van der Waals surface area contributed by atoms with Crippen molar-refractivity contribution in [1.82, 2.24) is 9.88 Å². The molecule has 170 valence electrons. The molecule has 3 aromatic rings. The summed E-state index contributed by atoms with van der Waals surface area (Å²) in [6.07, 6.45) is 5.61. The van der Waals surface area contributed by atoms with E-state index < -0.39 is 0 Å². The van der Waals surface area contributed by atoms with Gasteiger partial charge in [-0.3, -0.25) is 4.79 Å². The number of nitrogens with zero attached hydrogens (tertiary/aromatic N) is 2. The molecule has 0 radical (unpaired) electrons. The van der Waals surface area contributed by atoms with Crippen LogP contribution in [0, 0.1) is 25.2 Å². The lowest BCUT2D eigenvalue weighted by Gasteiger charge is -2.11. The van der Waals surface area contributed by atoms with E-state index in [1.807, 2.05) is 50.4 Å². The van der Waals surface area contributed by atoms with E-state index in [2.05, 4.69) is 28.1 Å². The smallest absolute Gasteiger partial charge is 0.262 e. The number of rotatable bonds is 8. The second-order valence-corrected chi connectivity index (χ2v) is 8.43. The fourth-order valence-electron chi connectivity index (χ4n) is 4.10. The second-order valence-electron chi connectivity index (χ2n) is 8.43. The maximum absolute atomic E-state index is 12.6. The van der Waals surface area contributed by atoms with Gasteiger partial charge in [-0.25, -0.2) is 0 Å². The molecular weight excluding hydrogens is 414 g/mol. The average molecular weight is 444 g/mol. The fraction of sp³-hybridized carbons (Fsp3) is 0.333. The Labute approximate surface area is 194 Å². The molecule has 1 N–H and O–H groups in total. The van der Waals surface area contributed by atoms with Crippen LogP contribution in [0.25, 0.3) is 17.0 Å². The number of aryl methyl sites for hydroxylation is 2. The number of carbonyl (C=O) groups is 1. The van der Waals surface area contributed by atoms with Crippen molar-refractivity contribution in [2.24, 2.45) is 0 Å². The molecule has 0 aliphatic carbocycles. The van der Waals surface area contributed by atoms with Gasteiger partial charge in [0.05, 0.1) is 12.6 Å². The van der Waals surface area contributed by atoms with Gasteiger partial charge >= 0.3 is 0 Å². The van der Waals surface area contributed by atoms with E-state index in [1.54, 1.807) is 6.08 Å². The van der Waals surface area contributed by atoms with Crippen LogP contribution < -0.4 is 10.1 Å². The molecule has 0 bridgehead atoms. The van der Waals surface area contributed by atoms with Crippen LogP contribution in [0.5, 0.6) is 5.75 Å². The third-order valence-electron chi connectivity index (χ3n) is 5.93. The lowest BCUT2D eigenvalue weighted by atomic mass is 10.1. The van der Waals surface area contributed by atoms with Gasteiger partial charge in [-0.2, -0.15) is 5.26 Å². The molecule has 1 aliphatic heterocycles. The Kier molecular flexibility index (Phi) is 7.11. The van der Waals surface area contributed by atoms with Crippen molar-refractivity contribution >= 4 is 22.9 Å². The number of fused-ring (bicyclic) bond motifs is 1. The molecule has 1 amide bonds. The van der Waals surface area contributed by atoms with Crippen LogP contribution in [0.4, 0.5) is 0 Å². The minimum atomic E-state index is -0.372. The molecule has 1 saturated heterocycles. The SMILES string of the molecule is Cc1ccc(C)c(OCCn2cc(/C=C(\C#N)C(=O)NC[C@H]3CCCO3)c3ccccc32)c1. The molecule has 0 saturated carbocycles. The second kappa shape index (κ2) is 10.4. The van der Waals surface area contributed by atoms with Crippen LogP contribution in [-0.4, -0.2) is 36.3 Å². The molecule has 1 aromatic heterocycles. The Balaban J connectivity index is 1.50. The summed E-state index contributed by atoms with van der Waals surface area (Å²) < 4.78 is 13.7. The largest absolute Gasteiger partial charge is 0.491 e. The summed E-state index contributed by atoms with van der Waals surface area (Å²) in [5.41, 5.74) is 4.22. The summed E-state index contributed by atoms with van der Waals surface area (Å²) in [4.78, 5) is 12.6. The molecule has 1 atom stereocenters. The average Bonchev–Trinajstić information content (AvgIpc) is 3.46. The van der Waals surface area contributed by atoms with Crippen molar-refractivity contribution in [3.8, 4) is 11.8 Å². The zero-order valence-electron chi connectivity index (χ0n) is 19.1. The topological polar surface area (TPSA) is 76.3 Å². The number of amides is 1. The maximum Gasteiger partial charge on any atom is 0.262 e. The quantitative estimate of drug-likeness (QED) is 0.410. The van der Waals surface area contributed by atoms with Crippen molar-refractivity contribution in [3.63, 3.8) is 0 Å². The van der Waals surface area contributed by atoms with Crippen LogP contribution in [0.1, 0.15) is 29.5 Å². The normalized spacial score (nSPS) is 16.0. The van der Waals surface area contributed by atoms with Crippen LogP contribution >= 0.6 is 0 Å². The van der Waals surface area contributed by atoms with E-state index in [9.17, 15) is 10.1 Å². The van der Waals surface area contributed by atoms with Gasteiger partial charge < -0.3 is 19.4 Å². The first-order valence-electron chi connectivity index (χ1n) is 11.3. The van der Waals surface area contributed by atoms with Gasteiger partial charge in [-0.1, -0.05) is 30.3 Å². The standard InChI is InChI=1S/C27H29N3O3/c1-19-9-10-20(2)26(14-19)33-13-11-30-18-22(24-7-3-4-8-25(24)30)15-21(16-28)27(31)29-17-23-6-5-12-32-23/h3-4,7-10,14-15,18,23H,5-6,11-13,17H2,1-2H3,(H,29,31)/b21-15+/t23-/m1/s1. The van der Waals surface area contributed by atoms with Crippen molar-refractivity contribution in [1.29, 1.82) is 5.26 Å². The zero-order valence-corrected chi connectivity index (χ0v) is 19.1. The highest BCUT2D eigenvalue weighted by Crippen LogP contribution is 2.24. The Morgan fingerprint density at radius 3 is 2.94 bits per heavy atom. The maximum atomic E-state index is 12.6. The number of para-hydroxylation sites is 1. The van der Waals surface area contributed by atoms with E-state index in [0.717, 1.165) is 52.8 Å². The van der Waals surface area contributed by atoms with E-state index in [-0.39, 0.29) is 17.6 Å². The Morgan fingerprint density at radius 1 is 1.30 bits per heavy atom. The number of hydrogen-bond donors (Lipinski definition) is 1. The molecule has 6 heteroatoms. The van der Waals surface area contributed by atoms with Crippen molar-refractivity contribution in [2.75, 3.05) is 19.8 Å². The third kappa shape index (κ3) is 5.44. The van der Waals surface area contributed by atoms with Crippen LogP contribution in [0.15, 0.2) is 54.2 Å². The summed E-state index contributed by atoms with van der Waals surface area (Å²) in [7, 11) is 0. The highest BCUT2D eigenvalue weighted by atomic mass is 16.5. The van der Waals surface area contributed by atoms with Gasteiger partial charge in [0, 0.05) is 35.8 Å². The van der Waals surface area contributed by atoms with Gasteiger partial charge in [0.15, 0.2) is 0 Å². The van der Waals surface area contributed by atoms with E-state index in [4.69, 9.17) is 9.47 Å². The number of nitrogens with one attached hydrogen (secondary N) is 1. The first-order valence-corrected chi connectivity index (χ1v) is 11.3. The third-order valence-corrected chi connectivity index (χ3v) is 5.93. The molecule has 2 aromatic carbocycles. The van der Waals surface area contributed by atoms with E-state index in [1.165, 1.54) is 0 Å². The van der Waals surface area contributed by atoms with Crippen LogP contribution in [0.3, 0.4) is 0 Å². The molecule has 0 spiro atoms. The zero-order chi connectivity index (χ0) is 23.2. The van der Waals surface area contributed by atoms with Gasteiger partial charge in [0.25, 0.3) is 5.91 Å². The molecule has 1 fully saturated rings. The number of hydrogen-bond acceptors (Lipinski definition) is 4. The van der Waals surface area contributed by atoms with Crippen LogP contribution in [-0.2, 0) is 16.1 Å². The fourth-order valence-corrected chi connectivity index (χ4v) is 4.10. The van der Waals surface area contributed by atoms with E-state index >= 15 is 0 Å². The number of benzene rings is 2. The monoisotopic (exact) mass is 443 g/mol. The van der Waals surface area contributed by atoms with Crippen LogP contribution in [0.2, 0.25) is 0 Å². The minimum Gasteiger partial charge on any atom is -0.491 e. The molecule has 1 aliphatic rings. The summed E-state index contributed by atoms with van der Waals surface area (Å²) in [5, 5.41) is 13.4. The molecule has 0 unspecified atom stereocenters. The minimum absolute atomic E-state index is 0.0350.